The van der Waals surface area contributed by atoms with Gasteiger partial charge >= 0.3 is 29.0 Å². The van der Waals surface area contributed by atoms with Crippen LogP contribution in [0.2, 0.25) is 0 Å². The van der Waals surface area contributed by atoms with E-state index in [-0.39, 0.29) is 30.7 Å². The van der Waals surface area contributed by atoms with E-state index in [0.29, 0.717) is 13.7 Å². The predicted molar refractivity (Wildman–Crippen MR) is 112 cm³/mol. The Hall–Kier alpha value is -3.21. The fourth-order valence-corrected chi connectivity index (χ4v) is 2.56. The van der Waals surface area contributed by atoms with Crippen LogP contribution in [0.25, 0.3) is 0 Å². The normalized spacial score (nSPS) is 13.7. The summed E-state index contributed by atoms with van der Waals surface area (Å²) in [5.74, 6) is -1.41. The maximum absolute atomic E-state index is 12.9. The van der Waals surface area contributed by atoms with Gasteiger partial charge in [0.15, 0.2) is 0 Å². The minimum absolute atomic E-state index is 0.0216. The van der Waals surface area contributed by atoms with Crippen LogP contribution in [-0.2, 0) is 32.2 Å². The molecule has 0 radical (unpaired) electrons. The Bertz CT molecular complexity index is 972. The van der Waals surface area contributed by atoms with Crippen molar-refractivity contribution in [3.63, 3.8) is 0 Å². The average Bonchev–Trinajstić information content (AvgIpc) is 2.68. The Morgan fingerprint density at radius 1 is 0.871 bits per heavy atom. The van der Waals surface area contributed by atoms with Crippen molar-refractivity contribution in [2.45, 2.75) is 72.6 Å². The van der Waals surface area contributed by atoms with E-state index in [4.69, 9.17) is 9.47 Å². The number of aromatic nitrogens is 3. The third kappa shape index (κ3) is 6.38. The van der Waals surface area contributed by atoms with Crippen LogP contribution in [0.4, 0.5) is 0 Å². The fraction of sp³-hybridized carbons (Fsp3) is 0.550. The SMILES string of the molecule is C=C(C)C(=O)OC(C)Cn1c(=O)n(CC(C)OC(=O)C(=C)C)c(=O)n(C(O)CC)c1=O. The summed E-state index contributed by atoms with van der Waals surface area (Å²) < 4.78 is 12.1. The highest BCUT2D eigenvalue weighted by molar-refractivity contribution is 5.87. The van der Waals surface area contributed by atoms with Crippen LogP contribution < -0.4 is 17.1 Å². The van der Waals surface area contributed by atoms with Gasteiger partial charge in [0.05, 0.1) is 13.1 Å². The minimum atomic E-state index is -1.49. The lowest BCUT2D eigenvalue weighted by Gasteiger charge is -2.20. The smallest absolute Gasteiger partial charge is 0.338 e. The number of ether oxygens (including phenoxy) is 2. The zero-order valence-corrected chi connectivity index (χ0v) is 18.4. The van der Waals surface area contributed by atoms with Crippen LogP contribution in [0.15, 0.2) is 38.7 Å². The maximum Gasteiger partial charge on any atom is 0.338 e. The number of nitrogens with zero attached hydrogens (tertiary/aromatic N) is 3. The van der Waals surface area contributed by atoms with Gasteiger partial charge in [0, 0.05) is 11.1 Å². The highest BCUT2D eigenvalue weighted by atomic mass is 16.5. The van der Waals surface area contributed by atoms with E-state index in [1.807, 2.05) is 0 Å². The second-order valence-corrected chi connectivity index (χ2v) is 7.32. The molecule has 3 unspecified atom stereocenters. The molecule has 1 rings (SSSR count). The molecular formula is C20H29N3O8. The van der Waals surface area contributed by atoms with E-state index in [1.165, 1.54) is 27.7 Å². The van der Waals surface area contributed by atoms with Crippen molar-refractivity contribution in [2.75, 3.05) is 0 Å². The third-order valence-corrected chi connectivity index (χ3v) is 4.19. The average molecular weight is 439 g/mol. The summed E-state index contributed by atoms with van der Waals surface area (Å²) in [7, 11) is 0. The molecule has 11 nitrogen and oxygen atoms in total. The van der Waals surface area contributed by atoms with Crippen LogP contribution in [0, 0.1) is 0 Å². The highest BCUT2D eigenvalue weighted by Crippen LogP contribution is 2.03. The molecule has 0 fully saturated rings. The second-order valence-electron chi connectivity index (χ2n) is 7.32. The number of carbonyl (C=O) groups is 2. The van der Waals surface area contributed by atoms with E-state index < -0.39 is 47.4 Å². The van der Waals surface area contributed by atoms with Crippen molar-refractivity contribution in [3.05, 3.63) is 55.8 Å². The zero-order chi connectivity index (χ0) is 24.0. The van der Waals surface area contributed by atoms with Crippen LogP contribution >= 0.6 is 0 Å². The zero-order valence-electron chi connectivity index (χ0n) is 18.4. The summed E-state index contributed by atoms with van der Waals surface area (Å²) in [5, 5.41) is 10.2. The van der Waals surface area contributed by atoms with Crippen molar-refractivity contribution >= 4 is 11.9 Å². The number of esters is 2. The third-order valence-electron chi connectivity index (χ3n) is 4.19. The largest absolute Gasteiger partial charge is 0.457 e. The van der Waals surface area contributed by atoms with Gasteiger partial charge in [-0.1, -0.05) is 20.1 Å². The molecule has 0 spiro atoms. The molecule has 0 bridgehead atoms. The van der Waals surface area contributed by atoms with Crippen LogP contribution in [0.1, 0.15) is 47.3 Å². The Labute approximate surface area is 178 Å². The highest BCUT2D eigenvalue weighted by Gasteiger charge is 2.23. The number of hydrogen-bond acceptors (Lipinski definition) is 8. The molecule has 1 aromatic rings. The first kappa shape index (κ1) is 25.8. The van der Waals surface area contributed by atoms with E-state index in [9.17, 15) is 29.1 Å². The summed E-state index contributed by atoms with van der Waals surface area (Å²) in [6.07, 6.45) is -3.29. The molecule has 0 aliphatic rings. The van der Waals surface area contributed by atoms with Gasteiger partial charge in [-0.2, -0.15) is 0 Å². The van der Waals surface area contributed by atoms with Crippen LogP contribution in [-0.4, -0.2) is 43.0 Å². The molecule has 0 saturated carbocycles. The topological polar surface area (TPSA) is 139 Å². The van der Waals surface area contributed by atoms with Crippen LogP contribution in [0.5, 0.6) is 0 Å². The summed E-state index contributed by atoms with van der Waals surface area (Å²) in [5.41, 5.74) is -2.82. The van der Waals surface area contributed by atoms with E-state index >= 15 is 0 Å². The molecule has 1 N–H and O–H groups in total. The quantitative estimate of drug-likeness (QED) is 0.400. The molecule has 31 heavy (non-hydrogen) atoms. The Morgan fingerprint density at radius 2 is 1.23 bits per heavy atom. The molecule has 0 saturated heterocycles. The summed E-state index contributed by atoms with van der Waals surface area (Å²) in [4.78, 5) is 61.9. The van der Waals surface area contributed by atoms with Crippen molar-refractivity contribution in [1.82, 2.24) is 13.7 Å². The van der Waals surface area contributed by atoms with Gasteiger partial charge in [-0.3, -0.25) is 0 Å². The Balaban J connectivity index is 3.47. The second kappa shape index (κ2) is 10.7. The Kier molecular flexibility index (Phi) is 8.92. The van der Waals surface area contributed by atoms with Gasteiger partial charge in [-0.25, -0.2) is 37.7 Å². The molecule has 11 heteroatoms. The Morgan fingerprint density at radius 3 is 1.52 bits per heavy atom. The number of carbonyl (C=O) groups excluding carboxylic acids is 2. The first-order valence-corrected chi connectivity index (χ1v) is 9.68. The number of hydrogen-bond donors (Lipinski definition) is 1. The van der Waals surface area contributed by atoms with Crippen LogP contribution in [0.3, 0.4) is 0 Å². The van der Waals surface area contributed by atoms with Crippen molar-refractivity contribution < 1.29 is 24.2 Å². The number of aliphatic hydroxyl groups is 1. The predicted octanol–water partition coefficient (Wildman–Crippen LogP) is 0.0882. The van der Waals surface area contributed by atoms with E-state index in [1.54, 1.807) is 6.92 Å². The van der Waals surface area contributed by atoms with Crippen molar-refractivity contribution in [1.29, 1.82) is 0 Å². The van der Waals surface area contributed by atoms with Gasteiger partial charge in [0.2, 0.25) is 0 Å². The molecule has 0 amide bonds. The monoisotopic (exact) mass is 439 g/mol. The molecule has 1 heterocycles. The van der Waals surface area contributed by atoms with Gasteiger partial charge < -0.3 is 14.6 Å². The first-order valence-electron chi connectivity index (χ1n) is 9.68. The summed E-state index contributed by atoms with van der Waals surface area (Å²) >= 11 is 0. The lowest BCUT2D eigenvalue weighted by molar-refractivity contribution is -0.144. The molecule has 0 aliphatic carbocycles. The first-order chi connectivity index (χ1) is 14.3. The summed E-state index contributed by atoms with van der Waals surface area (Å²) in [6.45, 7) is 13.5. The van der Waals surface area contributed by atoms with E-state index in [2.05, 4.69) is 13.2 Å². The molecule has 0 aromatic carbocycles. The summed E-state index contributed by atoms with van der Waals surface area (Å²) in [6, 6.07) is 0. The number of aliphatic hydroxyl groups excluding tert-OH is 1. The molecule has 3 atom stereocenters. The van der Waals surface area contributed by atoms with Crippen molar-refractivity contribution in [2.24, 2.45) is 0 Å². The molecule has 172 valence electrons. The van der Waals surface area contributed by atoms with E-state index in [0.717, 1.165) is 0 Å². The fourth-order valence-electron chi connectivity index (χ4n) is 2.56. The number of rotatable bonds is 10. The minimum Gasteiger partial charge on any atom is -0.457 e. The van der Waals surface area contributed by atoms with Gasteiger partial charge in [-0.05, 0) is 34.1 Å². The molecular weight excluding hydrogens is 410 g/mol. The van der Waals surface area contributed by atoms with Gasteiger partial charge in [0.1, 0.15) is 18.4 Å². The van der Waals surface area contributed by atoms with Gasteiger partial charge in [0.25, 0.3) is 0 Å². The maximum atomic E-state index is 12.9. The molecule has 0 aliphatic heterocycles. The van der Waals surface area contributed by atoms with Crippen molar-refractivity contribution in [3.8, 4) is 0 Å². The standard InChI is InChI=1S/C20H29N3O8/c1-8-15(24)23-19(28)21(9-13(6)30-16(25)11(2)3)18(27)22(20(23)29)10-14(7)31-17(26)12(4)5/h13-15,24H,2,4,8-10H2,1,3,5-7H3. The molecule has 1 aromatic heterocycles. The van der Waals surface area contributed by atoms with Gasteiger partial charge in [-0.15, -0.1) is 0 Å². The lowest BCUT2D eigenvalue weighted by Crippen LogP contribution is -2.57. The lowest BCUT2D eigenvalue weighted by atomic mass is 10.3.